The van der Waals surface area contributed by atoms with Gasteiger partial charge in [0, 0.05) is 44.1 Å². The number of nitrogens with zero attached hydrogens (tertiary/aromatic N) is 4. The third-order valence-corrected chi connectivity index (χ3v) is 7.02. The molecule has 1 amide bonds. The van der Waals surface area contributed by atoms with Gasteiger partial charge in [-0.1, -0.05) is 24.3 Å². The van der Waals surface area contributed by atoms with E-state index in [4.69, 9.17) is 0 Å². The van der Waals surface area contributed by atoms with Crippen LogP contribution in [0.2, 0.25) is 0 Å². The van der Waals surface area contributed by atoms with Crippen LogP contribution in [-0.2, 0) is 16.6 Å². The number of carbonyl (C=O) groups is 1. The highest BCUT2D eigenvalue weighted by Crippen LogP contribution is 2.21. The molecule has 1 saturated heterocycles. The zero-order valence-electron chi connectivity index (χ0n) is 16.2. The average molecular weight is 428 g/mol. The Morgan fingerprint density at radius 2 is 1.67 bits per heavy atom. The summed E-state index contributed by atoms with van der Waals surface area (Å²) in [4.78, 5) is 14.1. The van der Waals surface area contributed by atoms with Crippen molar-refractivity contribution in [3.8, 4) is 0 Å². The third-order valence-electron chi connectivity index (χ3n) is 5.08. The normalized spacial score (nSPS) is 15.3. The molecule has 7 nitrogen and oxygen atoms in total. The molecule has 1 fully saturated rings. The third kappa shape index (κ3) is 4.12. The van der Waals surface area contributed by atoms with Crippen LogP contribution in [0.15, 0.2) is 71.9 Å². The summed E-state index contributed by atoms with van der Waals surface area (Å²) in [5.74, 6) is -0.921. The first-order valence-electron chi connectivity index (χ1n) is 9.55. The summed E-state index contributed by atoms with van der Waals surface area (Å²) in [5.41, 5.74) is 1.57. The lowest BCUT2D eigenvalue weighted by Crippen LogP contribution is -2.50. The number of hydrogen-bond acceptors (Lipinski definition) is 4. The summed E-state index contributed by atoms with van der Waals surface area (Å²) in [6.07, 6.45) is 3.58. The second-order valence-corrected chi connectivity index (χ2v) is 8.93. The molecule has 0 saturated carbocycles. The fraction of sp³-hybridized carbons (Fsp3) is 0.238. The summed E-state index contributed by atoms with van der Waals surface area (Å²) in [5, 5.41) is 4.16. The number of sulfonamides is 1. The molecule has 0 radical (unpaired) electrons. The van der Waals surface area contributed by atoms with Crippen LogP contribution in [0.4, 0.5) is 4.39 Å². The first-order valence-corrected chi connectivity index (χ1v) is 11.0. The van der Waals surface area contributed by atoms with Gasteiger partial charge in [-0.25, -0.2) is 12.8 Å². The predicted octanol–water partition coefficient (Wildman–Crippen LogP) is 2.22. The highest BCUT2D eigenvalue weighted by Gasteiger charge is 2.32. The maximum atomic E-state index is 13.9. The Hall–Kier alpha value is -3.04. The first-order chi connectivity index (χ1) is 14.4. The minimum Gasteiger partial charge on any atom is -0.336 e. The van der Waals surface area contributed by atoms with Crippen molar-refractivity contribution in [3.63, 3.8) is 0 Å². The van der Waals surface area contributed by atoms with Crippen molar-refractivity contribution >= 4 is 15.9 Å². The van der Waals surface area contributed by atoms with E-state index in [0.29, 0.717) is 12.1 Å². The Morgan fingerprint density at radius 3 is 2.30 bits per heavy atom. The second-order valence-electron chi connectivity index (χ2n) is 7.03. The second kappa shape index (κ2) is 8.37. The summed E-state index contributed by atoms with van der Waals surface area (Å²) < 4.78 is 42.4. The molecule has 1 aromatic heterocycles. The van der Waals surface area contributed by atoms with Crippen LogP contribution in [0.3, 0.4) is 0 Å². The Labute approximate surface area is 174 Å². The van der Waals surface area contributed by atoms with E-state index < -0.39 is 15.8 Å². The molecule has 2 aromatic carbocycles. The van der Waals surface area contributed by atoms with Crippen LogP contribution in [-0.4, -0.2) is 59.5 Å². The minimum atomic E-state index is -3.92. The van der Waals surface area contributed by atoms with Crippen molar-refractivity contribution in [3.05, 3.63) is 83.9 Å². The van der Waals surface area contributed by atoms with Gasteiger partial charge in [0.05, 0.1) is 6.54 Å². The van der Waals surface area contributed by atoms with Gasteiger partial charge in [-0.2, -0.15) is 9.40 Å². The van der Waals surface area contributed by atoms with E-state index in [0.717, 1.165) is 11.6 Å². The largest absolute Gasteiger partial charge is 0.336 e. The van der Waals surface area contributed by atoms with E-state index in [-0.39, 0.29) is 37.0 Å². The van der Waals surface area contributed by atoms with Crippen LogP contribution in [0.5, 0.6) is 0 Å². The quantitative estimate of drug-likeness (QED) is 0.625. The van der Waals surface area contributed by atoms with E-state index in [1.807, 2.05) is 24.4 Å². The van der Waals surface area contributed by atoms with E-state index in [2.05, 4.69) is 5.10 Å². The van der Waals surface area contributed by atoms with Gasteiger partial charge in [0.15, 0.2) is 0 Å². The minimum absolute atomic E-state index is 0.125. The Morgan fingerprint density at radius 1 is 0.967 bits per heavy atom. The zero-order chi connectivity index (χ0) is 21.1. The molecule has 156 valence electrons. The van der Waals surface area contributed by atoms with Crippen LogP contribution < -0.4 is 0 Å². The zero-order valence-corrected chi connectivity index (χ0v) is 17.0. The van der Waals surface area contributed by atoms with Crippen molar-refractivity contribution in [1.82, 2.24) is 19.0 Å². The summed E-state index contributed by atoms with van der Waals surface area (Å²) >= 11 is 0. The molecule has 4 rings (SSSR count). The van der Waals surface area contributed by atoms with Crippen molar-refractivity contribution in [1.29, 1.82) is 0 Å². The number of carbonyl (C=O) groups excluding carboxylic acids is 1. The molecule has 1 aliphatic rings. The lowest BCUT2D eigenvalue weighted by Gasteiger charge is -2.34. The van der Waals surface area contributed by atoms with E-state index >= 15 is 0 Å². The number of hydrogen-bond donors (Lipinski definition) is 0. The highest BCUT2D eigenvalue weighted by molar-refractivity contribution is 7.89. The molecule has 0 atom stereocenters. The average Bonchev–Trinajstić information content (AvgIpc) is 3.27. The number of benzene rings is 2. The molecule has 0 bridgehead atoms. The fourth-order valence-corrected chi connectivity index (χ4v) is 4.93. The van der Waals surface area contributed by atoms with Crippen molar-refractivity contribution in [2.24, 2.45) is 0 Å². The SMILES string of the molecule is O=C(c1ccc(Cn2cccn2)cc1)N1CCN(S(=O)(=O)c2ccccc2F)CC1. The number of amides is 1. The molecular weight excluding hydrogens is 407 g/mol. The van der Waals surface area contributed by atoms with E-state index in [1.54, 1.807) is 27.9 Å². The topological polar surface area (TPSA) is 75.5 Å². The summed E-state index contributed by atoms with van der Waals surface area (Å²) in [7, 11) is -3.92. The molecule has 30 heavy (non-hydrogen) atoms. The Kier molecular flexibility index (Phi) is 5.65. The molecule has 0 aliphatic carbocycles. The molecule has 0 spiro atoms. The fourth-order valence-electron chi connectivity index (χ4n) is 3.44. The van der Waals surface area contributed by atoms with Crippen LogP contribution >= 0.6 is 0 Å². The number of aromatic nitrogens is 2. The predicted molar refractivity (Wildman–Crippen MR) is 109 cm³/mol. The van der Waals surface area contributed by atoms with Crippen LogP contribution in [0, 0.1) is 5.82 Å². The summed E-state index contributed by atoms with van der Waals surface area (Å²) in [6, 6.07) is 14.5. The van der Waals surface area contributed by atoms with Crippen molar-refractivity contribution in [2.45, 2.75) is 11.4 Å². The van der Waals surface area contributed by atoms with E-state index in [1.165, 1.54) is 22.5 Å². The molecule has 1 aliphatic heterocycles. The van der Waals surface area contributed by atoms with Gasteiger partial charge in [0.25, 0.3) is 5.91 Å². The van der Waals surface area contributed by atoms with Gasteiger partial charge in [0.1, 0.15) is 10.7 Å². The van der Waals surface area contributed by atoms with Crippen LogP contribution in [0.25, 0.3) is 0 Å². The molecular formula is C21H21FN4O3S. The van der Waals surface area contributed by atoms with Gasteiger partial charge < -0.3 is 4.90 Å². The summed E-state index contributed by atoms with van der Waals surface area (Å²) in [6.45, 7) is 1.37. The Bertz CT molecular complexity index is 1120. The number of halogens is 1. The van der Waals surface area contributed by atoms with Crippen molar-refractivity contribution in [2.75, 3.05) is 26.2 Å². The standard InChI is InChI=1S/C21H21FN4O3S/c22-19-4-1-2-5-20(19)30(28,29)26-14-12-24(13-15-26)21(27)18-8-6-17(7-9-18)16-25-11-3-10-23-25/h1-11H,12-16H2. The molecule has 9 heteroatoms. The van der Waals surface area contributed by atoms with Gasteiger partial charge in [-0.05, 0) is 35.9 Å². The lowest BCUT2D eigenvalue weighted by molar-refractivity contribution is 0.0697. The molecule has 3 aromatic rings. The maximum Gasteiger partial charge on any atom is 0.253 e. The lowest BCUT2D eigenvalue weighted by atomic mass is 10.1. The van der Waals surface area contributed by atoms with Gasteiger partial charge in [0.2, 0.25) is 10.0 Å². The highest BCUT2D eigenvalue weighted by atomic mass is 32.2. The van der Waals surface area contributed by atoms with E-state index in [9.17, 15) is 17.6 Å². The number of rotatable bonds is 5. The molecule has 2 heterocycles. The van der Waals surface area contributed by atoms with Crippen LogP contribution in [0.1, 0.15) is 15.9 Å². The van der Waals surface area contributed by atoms with Gasteiger partial charge in [-0.3, -0.25) is 9.48 Å². The molecule has 0 N–H and O–H groups in total. The van der Waals surface area contributed by atoms with Gasteiger partial charge in [-0.15, -0.1) is 0 Å². The number of piperazine rings is 1. The Balaban J connectivity index is 1.39. The maximum absolute atomic E-state index is 13.9. The smallest absolute Gasteiger partial charge is 0.253 e. The first kappa shape index (κ1) is 20.2. The monoisotopic (exact) mass is 428 g/mol. The van der Waals surface area contributed by atoms with Gasteiger partial charge >= 0.3 is 0 Å². The van der Waals surface area contributed by atoms with Crippen molar-refractivity contribution < 1.29 is 17.6 Å². The molecule has 0 unspecified atom stereocenters.